The van der Waals surface area contributed by atoms with E-state index in [2.05, 4.69) is 12.2 Å². The molecule has 2 heteroatoms. The van der Waals surface area contributed by atoms with Crippen molar-refractivity contribution in [3.8, 4) is 0 Å². The molecule has 0 radical (unpaired) electrons. The van der Waals surface area contributed by atoms with E-state index in [1.807, 2.05) is 20.8 Å². The molecule has 2 aliphatic carbocycles. The Labute approximate surface area is 85.3 Å². The van der Waals surface area contributed by atoms with Gasteiger partial charge in [0.25, 0.3) is 0 Å². The third-order valence-corrected chi connectivity index (χ3v) is 2.99. The van der Waals surface area contributed by atoms with E-state index < -0.39 is 0 Å². The van der Waals surface area contributed by atoms with Crippen LogP contribution in [0.15, 0.2) is 12.2 Å². The minimum Gasteiger partial charge on any atom is -0.460 e. The van der Waals surface area contributed by atoms with Crippen LogP contribution in [0.25, 0.3) is 0 Å². The lowest BCUT2D eigenvalue weighted by Crippen LogP contribution is -2.30. The van der Waals surface area contributed by atoms with Crippen LogP contribution in [0.3, 0.4) is 0 Å². The summed E-state index contributed by atoms with van der Waals surface area (Å²) in [6.45, 7) is 5.77. The quantitative estimate of drug-likeness (QED) is 0.473. The fourth-order valence-electron chi connectivity index (χ4n) is 2.43. The lowest BCUT2D eigenvalue weighted by Gasteiger charge is -2.24. The molecule has 0 aromatic heterocycles. The molecule has 1 fully saturated rings. The summed E-state index contributed by atoms with van der Waals surface area (Å²) in [5.74, 6) is 1.21. The van der Waals surface area contributed by atoms with E-state index in [4.69, 9.17) is 4.74 Å². The molecule has 0 aromatic rings. The summed E-state index contributed by atoms with van der Waals surface area (Å²) in [6, 6.07) is 0. The molecule has 0 saturated heterocycles. The van der Waals surface area contributed by atoms with E-state index in [-0.39, 0.29) is 17.5 Å². The summed E-state index contributed by atoms with van der Waals surface area (Å²) in [5.41, 5.74) is -0.345. The maximum Gasteiger partial charge on any atom is 0.310 e. The molecule has 14 heavy (non-hydrogen) atoms. The average molecular weight is 194 g/mol. The standard InChI is InChI=1S/C12H18O2/c1-12(2,3)14-11(13)10-7-8-4-5-9(10)6-8/h4-5,8-10H,6-7H2,1-3H3/t8-,9-,10-/m1/s1. The van der Waals surface area contributed by atoms with Gasteiger partial charge in [0.05, 0.1) is 5.92 Å². The van der Waals surface area contributed by atoms with Crippen LogP contribution < -0.4 is 0 Å². The predicted molar refractivity (Wildman–Crippen MR) is 54.7 cm³/mol. The average Bonchev–Trinajstić information content (AvgIpc) is 2.59. The number of ether oxygens (including phenoxy) is 1. The summed E-state index contributed by atoms with van der Waals surface area (Å²) in [6.07, 6.45) is 6.58. The van der Waals surface area contributed by atoms with Gasteiger partial charge in [0, 0.05) is 0 Å². The van der Waals surface area contributed by atoms with Gasteiger partial charge >= 0.3 is 5.97 Å². The van der Waals surface area contributed by atoms with Gasteiger partial charge in [-0.05, 0) is 45.4 Å². The molecular weight excluding hydrogens is 176 g/mol. The van der Waals surface area contributed by atoms with Gasteiger partial charge in [-0.25, -0.2) is 0 Å². The zero-order valence-corrected chi connectivity index (χ0v) is 9.12. The SMILES string of the molecule is CC(C)(C)OC(=O)[C@@H]1C[C@@H]2C=C[C@@H]1C2. The van der Waals surface area contributed by atoms with Crippen molar-refractivity contribution in [1.82, 2.24) is 0 Å². The monoisotopic (exact) mass is 194 g/mol. The van der Waals surface area contributed by atoms with E-state index in [0.717, 1.165) is 12.8 Å². The van der Waals surface area contributed by atoms with Crippen LogP contribution >= 0.6 is 0 Å². The number of allylic oxidation sites excluding steroid dienone is 2. The van der Waals surface area contributed by atoms with Crippen molar-refractivity contribution in [2.45, 2.75) is 39.2 Å². The molecule has 2 aliphatic rings. The Balaban J connectivity index is 1.97. The molecule has 78 valence electrons. The highest BCUT2D eigenvalue weighted by atomic mass is 16.6. The lowest BCUT2D eigenvalue weighted by atomic mass is 9.93. The molecule has 0 unspecified atom stereocenters. The third-order valence-electron chi connectivity index (χ3n) is 2.99. The first kappa shape index (κ1) is 9.75. The van der Waals surface area contributed by atoms with Crippen LogP contribution in [0.2, 0.25) is 0 Å². The molecule has 0 N–H and O–H groups in total. The van der Waals surface area contributed by atoms with Crippen LogP contribution in [0, 0.1) is 17.8 Å². The van der Waals surface area contributed by atoms with Gasteiger partial charge in [-0.15, -0.1) is 0 Å². The highest BCUT2D eigenvalue weighted by Gasteiger charge is 2.41. The van der Waals surface area contributed by atoms with Crippen molar-refractivity contribution in [1.29, 1.82) is 0 Å². The van der Waals surface area contributed by atoms with Gasteiger partial charge < -0.3 is 4.74 Å². The number of fused-ring (bicyclic) bond motifs is 2. The first-order valence-electron chi connectivity index (χ1n) is 5.37. The predicted octanol–water partition coefficient (Wildman–Crippen LogP) is 2.54. The summed E-state index contributed by atoms with van der Waals surface area (Å²) >= 11 is 0. The minimum absolute atomic E-state index is 0.00523. The minimum atomic E-state index is -0.345. The van der Waals surface area contributed by atoms with E-state index in [0.29, 0.717) is 11.8 Å². The first-order chi connectivity index (χ1) is 6.46. The van der Waals surface area contributed by atoms with E-state index in [9.17, 15) is 4.79 Å². The highest BCUT2D eigenvalue weighted by molar-refractivity contribution is 5.74. The fraction of sp³-hybridized carbons (Fsp3) is 0.750. The Kier molecular flexibility index (Phi) is 2.17. The zero-order valence-electron chi connectivity index (χ0n) is 9.12. The summed E-state index contributed by atoms with van der Waals surface area (Å²) in [5, 5.41) is 0. The van der Waals surface area contributed by atoms with Crippen molar-refractivity contribution >= 4 is 5.97 Å². The fourth-order valence-corrected chi connectivity index (χ4v) is 2.43. The van der Waals surface area contributed by atoms with Crippen LogP contribution in [0.5, 0.6) is 0 Å². The van der Waals surface area contributed by atoms with Crippen LogP contribution in [-0.2, 0) is 9.53 Å². The summed E-state index contributed by atoms with van der Waals surface area (Å²) in [4.78, 5) is 11.8. The van der Waals surface area contributed by atoms with Gasteiger partial charge in [0.15, 0.2) is 0 Å². The number of hydrogen-bond donors (Lipinski definition) is 0. The molecule has 0 heterocycles. The second-order valence-corrected chi connectivity index (χ2v) is 5.42. The molecule has 0 aromatic carbocycles. The Hall–Kier alpha value is -0.790. The molecule has 0 amide bonds. The number of hydrogen-bond acceptors (Lipinski definition) is 2. The van der Waals surface area contributed by atoms with Crippen molar-refractivity contribution < 1.29 is 9.53 Å². The van der Waals surface area contributed by atoms with E-state index >= 15 is 0 Å². The van der Waals surface area contributed by atoms with Crippen molar-refractivity contribution in [2.24, 2.45) is 17.8 Å². The van der Waals surface area contributed by atoms with Crippen molar-refractivity contribution in [2.75, 3.05) is 0 Å². The zero-order chi connectivity index (χ0) is 10.3. The number of rotatable bonds is 1. The number of esters is 1. The molecule has 2 nitrogen and oxygen atoms in total. The van der Waals surface area contributed by atoms with Gasteiger partial charge in [-0.1, -0.05) is 12.2 Å². The van der Waals surface area contributed by atoms with Crippen LogP contribution in [0.1, 0.15) is 33.6 Å². The second-order valence-electron chi connectivity index (χ2n) is 5.42. The van der Waals surface area contributed by atoms with Gasteiger partial charge in [-0.3, -0.25) is 4.79 Å². The number of carbonyl (C=O) groups is 1. The molecule has 0 spiro atoms. The Morgan fingerprint density at radius 3 is 2.43 bits per heavy atom. The maximum atomic E-state index is 11.8. The van der Waals surface area contributed by atoms with Gasteiger partial charge in [0.1, 0.15) is 5.60 Å². The lowest BCUT2D eigenvalue weighted by molar-refractivity contribution is -0.160. The van der Waals surface area contributed by atoms with E-state index in [1.54, 1.807) is 0 Å². The largest absolute Gasteiger partial charge is 0.460 e. The maximum absolute atomic E-state index is 11.8. The normalized spacial score (nSPS) is 34.9. The topological polar surface area (TPSA) is 26.3 Å². The Morgan fingerprint density at radius 2 is 2.00 bits per heavy atom. The Bertz CT molecular complexity index is 273. The molecular formula is C12H18O2. The summed E-state index contributed by atoms with van der Waals surface area (Å²) < 4.78 is 5.40. The molecule has 1 saturated carbocycles. The first-order valence-corrected chi connectivity index (χ1v) is 5.37. The Morgan fingerprint density at radius 1 is 1.29 bits per heavy atom. The van der Waals surface area contributed by atoms with Crippen LogP contribution in [-0.4, -0.2) is 11.6 Å². The molecule has 2 rings (SSSR count). The molecule has 0 aliphatic heterocycles. The van der Waals surface area contributed by atoms with Crippen molar-refractivity contribution in [3.05, 3.63) is 12.2 Å². The van der Waals surface area contributed by atoms with Crippen LogP contribution in [0.4, 0.5) is 0 Å². The summed E-state index contributed by atoms with van der Waals surface area (Å²) in [7, 11) is 0. The third kappa shape index (κ3) is 1.84. The highest BCUT2D eigenvalue weighted by Crippen LogP contribution is 2.44. The number of carbonyl (C=O) groups excluding carboxylic acids is 1. The second kappa shape index (κ2) is 3.11. The van der Waals surface area contributed by atoms with Crippen molar-refractivity contribution in [3.63, 3.8) is 0 Å². The molecule has 2 bridgehead atoms. The smallest absolute Gasteiger partial charge is 0.310 e. The van der Waals surface area contributed by atoms with Gasteiger partial charge in [0.2, 0.25) is 0 Å². The van der Waals surface area contributed by atoms with Gasteiger partial charge in [-0.2, -0.15) is 0 Å². The van der Waals surface area contributed by atoms with E-state index in [1.165, 1.54) is 0 Å². The molecule has 3 atom stereocenters.